The van der Waals surface area contributed by atoms with Gasteiger partial charge in [-0.3, -0.25) is 0 Å². The van der Waals surface area contributed by atoms with E-state index in [1.165, 1.54) is 44.2 Å². The Hall–Kier alpha value is -0.570. The summed E-state index contributed by atoms with van der Waals surface area (Å²) in [6, 6.07) is 8.83. The molecule has 1 aliphatic heterocycles. The first-order valence-electron chi connectivity index (χ1n) is 7.90. The number of benzene rings is 1. The Labute approximate surface area is 127 Å². The highest BCUT2D eigenvalue weighted by Gasteiger charge is 2.11. The number of piperidine rings is 1. The molecule has 1 N–H and O–H groups in total. The molecule has 0 radical (unpaired) electrons. The maximum atomic E-state index is 5.86. The summed E-state index contributed by atoms with van der Waals surface area (Å²) < 4.78 is 5.72. The minimum absolute atomic E-state index is 0.737. The van der Waals surface area contributed by atoms with Crippen molar-refractivity contribution in [2.24, 2.45) is 0 Å². The predicted octanol–water partition coefficient (Wildman–Crippen LogP) is 4.21. The van der Waals surface area contributed by atoms with Crippen molar-refractivity contribution in [2.45, 2.75) is 51.0 Å². The molecule has 1 aromatic carbocycles. The van der Waals surface area contributed by atoms with E-state index in [0.29, 0.717) is 0 Å². The Morgan fingerprint density at radius 2 is 1.90 bits per heavy atom. The first kappa shape index (κ1) is 15.8. The van der Waals surface area contributed by atoms with Crippen LogP contribution in [0.4, 0.5) is 0 Å². The van der Waals surface area contributed by atoms with E-state index in [1.54, 1.807) is 0 Å². The number of aryl methyl sites for hydroxylation is 1. The van der Waals surface area contributed by atoms with Gasteiger partial charge in [0.05, 0.1) is 0 Å². The molecule has 0 bridgehead atoms. The van der Waals surface area contributed by atoms with Gasteiger partial charge < -0.3 is 10.1 Å². The molecule has 2 nitrogen and oxygen atoms in total. The van der Waals surface area contributed by atoms with E-state index in [2.05, 4.69) is 17.4 Å². The SMILES string of the molecule is Clc1ccc(CCCOCCCC2CCCCN2)cc1. The Morgan fingerprint density at radius 3 is 2.65 bits per heavy atom. The summed E-state index contributed by atoms with van der Waals surface area (Å²) in [5, 5.41) is 4.39. The van der Waals surface area contributed by atoms with Crippen molar-refractivity contribution < 1.29 is 4.74 Å². The molecule has 0 aromatic heterocycles. The third-order valence-corrected chi connectivity index (χ3v) is 4.17. The van der Waals surface area contributed by atoms with E-state index in [-0.39, 0.29) is 0 Å². The Balaban J connectivity index is 1.44. The van der Waals surface area contributed by atoms with Gasteiger partial charge in [0.2, 0.25) is 0 Å². The summed E-state index contributed by atoms with van der Waals surface area (Å²) in [5.74, 6) is 0. The first-order chi connectivity index (χ1) is 9.84. The van der Waals surface area contributed by atoms with Gasteiger partial charge in [-0.05, 0) is 62.8 Å². The lowest BCUT2D eigenvalue weighted by Gasteiger charge is -2.23. The number of halogens is 1. The van der Waals surface area contributed by atoms with E-state index >= 15 is 0 Å². The molecule has 0 aliphatic carbocycles. The van der Waals surface area contributed by atoms with Gasteiger partial charge in [-0.2, -0.15) is 0 Å². The van der Waals surface area contributed by atoms with Gasteiger partial charge in [-0.15, -0.1) is 0 Å². The summed E-state index contributed by atoms with van der Waals surface area (Å²) in [7, 11) is 0. The minimum atomic E-state index is 0.737. The first-order valence-corrected chi connectivity index (χ1v) is 8.28. The third kappa shape index (κ3) is 6.25. The van der Waals surface area contributed by atoms with Crippen LogP contribution < -0.4 is 5.32 Å². The van der Waals surface area contributed by atoms with Crippen molar-refractivity contribution in [1.82, 2.24) is 5.32 Å². The summed E-state index contributed by atoms with van der Waals surface area (Å²) >= 11 is 5.86. The average molecular weight is 296 g/mol. The van der Waals surface area contributed by atoms with Crippen molar-refractivity contribution in [2.75, 3.05) is 19.8 Å². The highest BCUT2D eigenvalue weighted by molar-refractivity contribution is 6.30. The highest BCUT2D eigenvalue weighted by Crippen LogP contribution is 2.12. The minimum Gasteiger partial charge on any atom is -0.381 e. The van der Waals surface area contributed by atoms with Crippen molar-refractivity contribution >= 4 is 11.6 Å². The van der Waals surface area contributed by atoms with Crippen molar-refractivity contribution in [3.63, 3.8) is 0 Å². The van der Waals surface area contributed by atoms with Crippen LogP contribution in [-0.4, -0.2) is 25.8 Å². The number of nitrogens with one attached hydrogen (secondary N) is 1. The van der Waals surface area contributed by atoms with E-state index in [0.717, 1.165) is 37.1 Å². The molecule has 1 saturated heterocycles. The van der Waals surface area contributed by atoms with E-state index in [1.807, 2.05) is 12.1 Å². The highest BCUT2D eigenvalue weighted by atomic mass is 35.5. The molecule has 2 rings (SSSR count). The molecule has 1 aromatic rings. The maximum Gasteiger partial charge on any atom is 0.0469 e. The summed E-state index contributed by atoms with van der Waals surface area (Å²) in [5.41, 5.74) is 1.34. The van der Waals surface area contributed by atoms with Crippen LogP contribution in [0, 0.1) is 0 Å². The zero-order valence-corrected chi connectivity index (χ0v) is 13.0. The molecular formula is C17H26ClNO. The van der Waals surface area contributed by atoms with E-state index in [4.69, 9.17) is 16.3 Å². The predicted molar refractivity (Wildman–Crippen MR) is 85.5 cm³/mol. The molecule has 0 saturated carbocycles. The summed E-state index contributed by atoms with van der Waals surface area (Å²) in [6.45, 7) is 2.96. The standard InChI is InChI=1S/C17H26ClNO/c18-16-10-8-15(9-11-16)5-3-13-20-14-4-7-17-6-1-2-12-19-17/h8-11,17,19H,1-7,12-14H2. The lowest BCUT2D eigenvalue weighted by molar-refractivity contribution is 0.125. The van der Waals surface area contributed by atoms with Crippen LogP contribution in [0.3, 0.4) is 0 Å². The van der Waals surface area contributed by atoms with Gasteiger partial charge in [0.25, 0.3) is 0 Å². The van der Waals surface area contributed by atoms with Crippen LogP contribution in [0.2, 0.25) is 5.02 Å². The normalized spacial score (nSPS) is 19.1. The largest absolute Gasteiger partial charge is 0.381 e. The molecule has 20 heavy (non-hydrogen) atoms. The van der Waals surface area contributed by atoms with Crippen LogP contribution >= 0.6 is 11.6 Å². The Bertz CT molecular complexity index is 360. The number of hydrogen-bond acceptors (Lipinski definition) is 2. The Morgan fingerprint density at radius 1 is 1.10 bits per heavy atom. The third-order valence-electron chi connectivity index (χ3n) is 3.92. The fourth-order valence-electron chi connectivity index (χ4n) is 2.73. The second kappa shape index (κ2) is 9.38. The summed E-state index contributed by atoms with van der Waals surface area (Å²) in [6.07, 6.45) is 8.67. The van der Waals surface area contributed by atoms with Gasteiger partial charge in [0.15, 0.2) is 0 Å². The van der Waals surface area contributed by atoms with Gasteiger partial charge in [0.1, 0.15) is 0 Å². The smallest absolute Gasteiger partial charge is 0.0469 e. The van der Waals surface area contributed by atoms with Crippen LogP contribution in [0.15, 0.2) is 24.3 Å². The van der Waals surface area contributed by atoms with Crippen LogP contribution in [0.5, 0.6) is 0 Å². The molecule has 1 aliphatic rings. The monoisotopic (exact) mass is 295 g/mol. The summed E-state index contributed by atoms with van der Waals surface area (Å²) in [4.78, 5) is 0. The quantitative estimate of drug-likeness (QED) is 0.725. The fraction of sp³-hybridized carbons (Fsp3) is 0.647. The van der Waals surface area contributed by atoms with Crippen LogP contribution in [0.25, 0.3) is 0 Å². The van der Waals surface area contributed by atoms with Crippen LogP contribution in [-0.2, 0) is 11.2 Å². The number of ether oxygens (including phenoxy) is 1. The topological polar surface area (TPSA) is 21.3 Å². The number of rotatable bonds is 8. The fourth-order valence-corrected chi connectivity index (χ4v) is 2.86. The zero-order valence-electron chi connectivity index (χ0n) is 12.2. The van der Waals surface area contributed by atoms with Crippen molar-refractivity contribution in [3.05, 3.63) is 34.9 Å². The van der Waals surface area contributed by atoms with E-state index < -0.39 is 0 Å². The lowest BCUT2D eigenvalue weighted by Crippen LogP contribution is -2.33. The molecule has 112 valence electrons. The molecule has 1 heterocycles. The van der Waals surface area contributed by atoms with Crippen molar-refractivity contribution in [3.8, 4) is 0 Å². The van der Waals surface area contributed by atoms with Gasteiger partial charge in [-0.1, -0.05) is 30.2 Å². The Kier molecular flexibility index (Phi) is 7.42. The molecular weight excluding hydrogens is 270 g/mol. The van der Waals surface area contributed by atoms with Gasteiger partial charge in [0, 0.05) is 24.3 Å². The molecule has 1 atom stereocenters. The number of hydrogen-bond donors (Lipinski definition) is 1. The molecule has 1 unspecified atom stereocenters. The second-order valence-electron chi connectivity index (χ2n) is 5.63. The zero-order chi connectivity index (χ0) is 14.0. The molecule has 3 heteroatoms. The van der Waals surface area contributed by atoms with Gasteiger partial charge in [-0.25, -0.2) is 0 Å². The average Bonchev–Trinajstić information content (AvgIpc) is 2.49. The second-order valence-corrected chi connectivity index (χ2v) is 6.07. The molecule has 0 spiro atoms. The maximum absolute atomic E-state index is 5.86. The van der Waals surface area contributed by atoms with Gasteiger partial charge >= 0.3 is 0 Å². The lowest BCUT2D eigenvalue weighted by atomic mass is 10.0. The van der Waals surface area contributed by atoms with Crippen molar-refractivity contribution in [1.29, 1.82) is 0 Å². The molecule has 1 fully saturated rings. The molecule has 0 amide bonds. The van der Waals surface area contributed by atoms with E-state index in [9.17, 15) is 0 Å². The van der Waals surface area contributed by atoms with Crippen LogP contribution in [0.1, 0.15) is 44.1 Å².